The minimum atomic E-state index is -4.38. The van der Waals surface area contributed by atoms with Crippen molar-refractivity contribution < 1.29 is 28.0 Å². The van der Waals surface area contributed by atoms with Crippen LogP contribution in [0.3, 0.4) is 0 Å². The lowest BCUT2D eigenvalue weighted by Gasteiger charge is -2.11. The predicted octanol–water partition coefficient (Wildman–Crippen LogP) is 3.71. The fourth-order valence-electron chi connectivity index (χ4n) is 3.20. The topological polar surface area (TPSA) is 125 Å². The first kappa shape index (κ1) is 17.9. The third-order valence-electron chi connectivity index (χ3n) is 4.47. The van der Waals surface area contributed by atoms with Crippen molar-refractivity contribution in [3.63, 3.8) is 0 Å². The molecule has 4 rings (SSSR count). The van der Waals surface area contributed by atoms with Gasteiger partial charge >= 0.3 is 5.97 Å². The number of rotatable bonds is 3. The molecule has 0 bridgehead atoms. The molecule has 7 nitrogen and oxygen atoms in total. The molecular weight excluding hydrogens is 382 g/mol. The predicted molar refractivity (Wildman–Crippen MR) is 103 cm³/mol. The smallest absolute Gasteiger partial charge is 0.336 e. The Morgan fingerprint density at radius 2 is 1.71 bits per heavy atom. The van der Waals surface area contributed by atoms with Gasteiger partial charge in [0.15, 0.2) is 0 Å². The molecule has 0 spiro atoms. The molecule has 0 aliphatic heterocycles. The lowest BCUT2D eigenvalue weighted by atomic mass is 9.98. The standard InChI is InChI=1S/C20H13NO6S/c22-18-4-2-1-3-14(18)17-10-15(20(23)24)19-13-7-6-12(28(25,26)27)9-11(13)5-8-16(19)21-17/h1-10,22H,(H,23,24)(H,25,26,27). The van der Waals surface area contributed by atoms with E-state index in [4.69, 9.17) is 0 Å². The zero-order valence-corrected chi connectivity index (χ0v) is 15.0. The van der Waals surface area contributed by atoms with Gasteiger partial charge in [-0.3, -0.25) is 4.55 Å². The summed E-state index contributed by atoms with van der Waals surface area (Å²) in [5, 5.41) is 21.1. The largest absolute Gasteiger partial charge is 0.507 e. The number of para-hydroxylation sites is 1. The van der Waals surface area contributed by atoms with E-state index < -0.39 is 16.1 Å². The van der Waals surface area contributed by atoms with Gasteiger partial charge in [0.2, 0.25) is 0 Å². The minimum absolute atomic E-state index is 0.0238. The summed E-state index contributed by atoms with van der Waals surface area (Å²) in [5.74, 6) is -1.21. The van der Waals surface area contributed by atoms with Crippen LogP contribution in [0.2, 0.25) is 0 Å². The Hall–Kier alpha value is -3.49. The quantitative estimate of drug-likeness (QED) is 0.357. The molecule has 0 saturated carbocycles. The number of aromatic carboxylic acids is 1. The van der Waals surface area contributed by atoms with E-state index in [-0.39, 0.29) is 16.2 Å². The number of benzene rings is 3. The first-order valence-electron chi connectivity index (χ1n) is 8.12. The van der Waals surface area contributed by atoms with Gasteiger partial charge in [-0.2, -0.15) is 8.42 Å². The van der Waals surface area contributed by atoms with E-state index in [1.54, 1.807) is 30.3 Å². The van der Waals surface area contributed by atoms with Gasteiger partial charge in [-0.15, -0.1) is 0 Å². The average molecular weight is 395 g/mol. The number of nitrogens with zero attached hydrogens (tertiary/aromatic N) is 1. The summed E-state index contributed by atoms with van der Waals surface area (Å²) in [6.45, 7) is 0. The van der Waals surface area contributed by atoms with Gasteiger partial charge in [-0.05, 0) is 47.2 Å². The van der Waals surface area contributed by atoms with E-state index in [1.165, 1.54) is 30.3 Å². The number of aromatic hydroxyl groups is 1. The number of carbonyl (C=O) groups is 1. The Morgan fingerprint density at radius 1 is 0.964 bits per heavy atom. The Kier molecular flexibility index (Phi) is 4.02. The summed E-state index contributed by atoms with van der Waals surface area (Å²) in [6.07, 6.45) is 0. The maximum Gasteiger partial charge on any atom is 0.336 e. The molecule has 0 aliphatic carbocycles. The third-order valence-corrected chi connectivity index (χ3v) is 5.32. The highest BCUT2D eigenvalue weighted by atomic mass is 32.2. The van der Waals surface area contributed by atoms with Gasteiger partial charge in [0.05, 0.1) is 21.7 Å². The average Bonchev–Trinajstić information content (AvgIpc) is 2.66. The summed E-state index contributed by atoms with van der Waals surface area (Å²) < 4.78 is 32.0. The second kappa shape index (κ2) is 6.29. The highest BCUT2D eigenvalue weighted by Crippen LogP contribution is 2.34. The van der Waals surface area contributed by atoms with Crippen LogP contribution in [0.4, 0.5) is 0 Å². The third kappa shape index (κ3) is 2.94. The Labute approximate surface area is 159 Å². The van der Waals surface area contributed by atoms with Crippen molar-refractivity contribution in [2.45, 2.75) is 4.90 Å². The van der Waals surface area contributed by atoms with Crippen molar-refractivity contribution in [3.05, 3.63) is 66.2 Å². The fraction of sp³-hybridized carbons (Fsp3) is 0. The van der Waals surface area contributed by atoms with Crippen LogP contribution < -0.4 is 0 Å². The van der Waals surface area contributed by atoms with Gasteiger partial charge < -0.3 is 10.2 Å². The van der Waals surface area contributed by atoms with E-state index in [9.17, 15) is 28.0 Å². The lowest BCUT2D eigenvalue weighted by Crippen LogP contribution is -2.02. The number of phenols is 1. The molecule has 0 amide bonds. The number of phenolic OH excluding ortho intramolecular Hbond substituents is 1. The SMILES string of the molecule is O=C(O)c1cc(-c2ccccc2O)nc2ccc3cc(S(=O)(=O)O)ccc3c12. The molecule has 1 aromatic heterocycles. The Bertz CT molecular complexity index is 1380. The van der Waals surface area contributed by atoms with Crippen molar-refractivity contribution in [1.82, 2.24) is 4.98 Å². The van der Waals surface area contributed by atoms with Crippen molar-refractivity contribution in [1.29, 1.82) is 0 Å². The van der Waals surface area contributed by atoms with Crippen LogP contribution in [0.25, 0.3) is 32.9 Å². The highest BCUT2D eigenvalue weighted by Gasteiger charge is 2.18. The molecule has 3 aromatic carbocycles. The molecule has 0 fully saturated rings. The molecule has 0 radical (unpaired) electrons. The summed E-state index contributed by atoms with van der Waals surface area (Å²) in [4.78, 5) is 16.1. The second-order valence-electron chi connectivity index (χ2n) is 6.20. The molecule has 8 heteroatoms. The Balaban J connectivity index is 2.08. The van der Waals surface area contributed by atoms with Crippen LogP contribution in [-0.2, 0) is 10.1 Å². The molecule has 0 saturated heterocycles. The van der Waals surface area contributed by atoms with Crippen LogP contribution in [0.5, 0.6) is 5.75 Å². The number of hydrogen-bond donors (Lipinski definition) is 3. The maximum atomic E-state index is 11.9. The maximum absolute atomic E-state index is 11.9. The molecule has 0 unspecified atom stereocenters. The zero-order chi connectivity index (χ0) is 20.1. The molecular formula is C20H13NO6S. The van der Waals surface area contributed by atoms with Gasteiger partial charge in [0.25, 0.3) is 10.1 Å². The molecule has 140 valence electrons. The number of aromatic nitrogens is 1. The summed E-state index contributed by atoms with van der Waals surface area (Å²) in [6, 6.07) is 14.9. The lowest BCUT2D eigenvalue weighted by molar-refractivity contribution is 0.0699. The molecule has 4 aromatic rings. The number of carboxylic acid groups (broad SMARTS) is 1. The van der Waals surface area contributed by atoms with Gasteiger partial charge in [-0.25, -0.2) is 9.78 Å². The highest BCUT2D eigenvalue weighted by molar-refractivity contribution is 7.85. The van der Waals surface area contributed by atoms with E-state index in [0.29, 0.717) is 32.9 Å². The summed E-state index contributed by atoms with van der Waals surface area (Å²) in [7, 11) is -4.38. The number of hydrogen-bond acceptors (Lipinski definition) is 5. The fourth-order valence-corrected chi connectivity index (χ4v) is 3.72. The summed E-state index contributed by atoms with van der Waals surface area (Å²) in [5.41, 5.74) is 1.05. The van der Waals surface area contributed by atoms with Crippen LogP contribution in [0, 0.1) is 0 Å². The number of carboxylic acids is 1. The van der Waals surface area contributed by atoms with Crippen molar-refractivity contribution in [2.24, 2.45) is 0 Å². The van der Waals surface area contributed by atoms with Crippen LogP contribution in [0.15, 0.2) is 65.6 Å². The van der Waals surface area contributed by atoms with Gasteiger partial charge in [0.1, 0.15) is 5.75 Å². The van der Waals surface area contributed by atoms with Crippen molar-refractivity contribution >= 4 is 37.8 Å². The molecule has 1 heterocycles. The van der Waals surface area contributed by atoms with Crippen LogP contribution in [-0.4, -0.2) is 34.1 Å². The summed E-state index contributed by atoms with van der Waals surface area (Å²) >= 11 is 0. The van der Waals surface area contributed by atoms with E-state index >= 15 is 0 Å². The normalized spacial score (nSPS) is 11.8. The van der Waals surface area contributed by atoms with Crippen LogP contribution >= 0.6 is 0 Å². The number of fused-ring (bicyclic) bond motifs is 3. The van der Waals surface area contributed by atoms with E-state index in [1.807, 2.05) is 0 Å². The molecule has 0 aliphatic rings. The first-order chi connectivity index (χ1) is 13.3. The zero-order valence-electron chi connectivity index (χ0n) is 14.2. The van der Waals surface area contributed by atoms with Gasteiger partial charge in [-0.1, -0.05) is 24.3 Å². The van der Waals surface area contributed by atoms with Crippen molar-refractivity contribution in [2.75, 3.05) is 0 Å². The van der Waals surface area contributed by atoms with E-state index in [0.717, 1.165) is 0 Å². The molecule has 3 N–H and O–H groups in total. The molecule has 28 heavy (non-hydrogen) atoms. The number of pyridine rings is 1. The first-order valence-corrected chi connectivity index (χ1v) is 9.56. The monoisotopic (exact) mass is 395 g/mol. The van der Waals surface area contributed by atoms with Crippen molar-refractivity contribution in [3.8, 4) is 17.0 Å². The second-order valence-corrected chi connectivity index (χ2v) is 7.62. The molecule has 0 atom stereocenters. The van der Waals surface area contributed by atoms with Gasteiger partial charge in [0, 0.05) is 10.9 Å². The van der Waals surface area contributed by atoms with Crippen LogP contribution in [0.1, 0.15) is 10.4 Å². The van der Waals surface area contributed by atoms with E-state index in [2.05, 4.69) is 4.98 Å². The minimum Gasteiger partial charge on any atom is -0.507 e. The Morgan fingerprint density at radius 3 is 2.39 bits per heavy atom.